The molecule has 3 saturated carbocycles. The predicted octanol–water partition coefficient (Wildman–Crippen LogP) is 5.34. The van der Waals surface area contributed by atoms with Crippen molar-refractivity contribution in [2.24, 2.45) is 28.6 Å². The maximum atomic E-state index is 12.5. The zero-order valence-electron chi connectivity index (χ0n) is 14.7. The van der Waals surface area contributed by atoms with E-state index in [0.29, 0.717) is 41.0 Å². The maximum Gasteiger partial charge on any atom is 0.169 e. The molecule has 0 aromatic heterocycles. The molecule has 4 heteroatoms. The van der Waals surface area contributed by atoms with Crippen molar-refractivity contribution in [3.8, 4) is 0 Å². The molecule has 132 valence electrons. The number of allylic oxidation sites excluding steroid dienone is 1. The van der Waals surface area contributed by atoms with Gasteiger partial charge in [-0.2, -0.15) is 0 Å². The molecule has 3 fully saturated rings. The zero-order chi connectivity index (χ0) is 17.1. The highest BCUT2D eigenvalue weighted by Gasteiger charge is 2.59. The van der Waals surface area contributed by atoms with Gasteiger partial charge in [-0.05, 0) is 67.3 Å². The van der Waals surface area contributed by atoms with E-state index in [1.54, 1.807) is 11.8 Å². The third-order valence-electron chi connectivity index (χ3n) is 7.98. The molecule has 2 nitrogen and oxygen atoms in total. The van der Waals surface area contributed by atoms with Gasteiger partial charge in [0.25, 0.3) is 0 Å². The standard InChI is InChI=1S/C20H27ClO2S/c1-19-10-8-16(22)18(24-11-21)15(19)4-3-12-13-5-6-17(23)20(13,2)9-7-14(12)19/h12-14H,3-11H2,1-2H3/t12-,13-,14-,19+,20-/m0/s1. The molecule has 0 aliphatic heterocycles. The second kappa shape index (κ2) is 5.87. The fraction of sp³-hybridized carbons (Fsp3) is 0.800. The number of hydrogen-bond acceptors (Lipinski definition) is 3. The summed E-state index contributed by atoms with van der Waals surface area (Å²) in [7, 11) is 0. The normalized spacial score (nSPS) is 45.0. The number of ketones is 2. The molecule has 0 saturated heterocycles. The van der Waals surface area contributed by atoms with E-state index < -0.39 is 0 Å². The van der Waals surface area contributed by atoms with Crippen molar-refractivity contribution in [2.45, 2.75) is 65.2 Å². The van der Waals surface area contributed by atoms with Crippen LogP contribution in [0.2, 0.25) is 0 Å². The van der Waals surface area contributed by atoms with Crippen LogP contribution in [0.5, 0.6) is 0 Å². The lowest BCUT2D eigenvalue weighted by Gasteiger charge is -2.57. The van der Waals surface area contributed by atoms with Crippen molar-refractivity contribution in [1.82, 2.24) is 0 Å². The van der Waals surface area contributed by atoms with Gasteiger partial charge in [0.15, 0.2) is 5.78 Å². The lowest BCUT2D eigenvalue weighted by Crippen LogP contribution is -2.51. The Morgan fingerprint density at radius 3 is 2.50 bits per heavy atom. The summed E-state index contributed by atoms with van der Waals surface area (Å²) >= 11 is 7.50. The molecule has 0 bridgehead atoms. The topological polar surface area (TPSA) is 34.1 Å². The molecule has 0 aromatic rings. The van der Waals surface area contributed by atoms with Crippen LogP contribution in [0.1, 0.15) is 65.2 Å². The molecule has 0 N–H and O–H groups in total. The lowest BCUT2D eigenvalue weighted by atomic mass is 9.47. The van der Waals surface area contributed by atoms with Crippen molar-refractivity contribution in [1.29, 1.82) is 0 Å². The summed E-state index contributed by atoms with van der Waals surface area (Å²) in [5.74, 6) is 2.70. The van der Waals surface area contributed by atoms with E-state index in [-0.39, 0.29) is 10.8 Å². The van der Waals surface area contributed by atoms with Gasteiger partial charge in [-0.15, -0.1) is 23.4 Å². The lowest BCUT2D eigenvalue weighted by molar-refractivity contribution is -0.132. The summed E-state index contributed by atoms with van der Waals surface area (Å²) in [5.41, 5.74) is 1.49. The van der Waals surface area contributed by atoms with Crippen LogP contribution in [0.25, 0.3) is 0 Å². The van der Waals surface area contributed by atoms with Gasteiger partial charge in [0.2, 0.25) is 0 Å². The highest BCUT2D eigenvalue weighted by molar-refractivity contribution is 8.05. The van der Waals surface area contributed by atoms with Crippen LogP contribution in [-0.2, 0) is 9.59 Å². The summed E-state index contributed by atoms with van der Waals surface area (Å²) < 4.78 is 0. The largest absolute Gasteiger partial charge is 0.299 e. The Hall–Kier alpha value is -0.280. The fourth-order valence-corrected chi connectivity index (χ4v) is 7.87. The number of fused-ring (bicyclic) bond motifs is 5. The Morgan fingerprint density at radius 1 is 1.00 bits per heavy atom. The van der Waals surface area contributed by atoms with E-state index in [2.05, 4.69) is 13.8 Å². The van der Waals surface area contributed by atoms with Gasteiger partial charge in [0.1, 0.15) is 5.78 Å². The molecule has 4 rings (SSSR count). The first-order chi connectivity index (χ1) is 11.4. The van der Waals surface area contributed by atoms with E-state index in [4.69, 9.17) is 11.6 Å². The SMILES string of the molecule is C[C@]12CCC(=O)C(SCCl)=C1CC[C@@H]1[C@@H]2CC[C@]2(C)C(=O)CC[C@@H]12. The van der Waals surface area contributed by atoms with Crippen molar-refractivity contribution in [2.75, 3.05) is 5.21 Å². The summed E-state index contributed by atoms with van der Waals surface area (Å²) in [5, 5.41) is 0.462. The quantitative estimate of drug-likeness (QED) is 0.618. The summed E-state index contributed by atoms with van der Waals surface area (Å²) in [6.07, 6.45) is 7.92. The van der Waals surface area contributed by atoms with Crippen molar-refractivity contribution < 1.29 is 9.59 Å². The third kappa shape index (κ3) is 2.23. The first kappa shape index (κ1) is 17.1. The van der Waals surface area contributed by atoms with E-state index >= 15 is 0 Å². The van der Waals surface area contributed by atoms with Gasteiger partial charge in [-0.3, -0.25) is 9.59 Å². The molecule has 0 radical (unpaired) electrons. The van der Waals surface area contributed by atoms with Crippen LogP contribution in [-0.4, -0.2) is 16.8 Å². The van der Waals surface area contributed by atoms with E-state index in [9.17, 15) is 9.59 Å². The molecule has 5 atom stereocenters. The minimum absolute atomic E-state index is 0.0586. The molecule has 0 spiro atoms. The van der Waals surface area contributed by atoms with Gasteiger partial charge in [0.05, 0.1) is 10.1 Å². The number of halogens is 1. The summed E-state index contributed by atoms with van der Waals surface area (Å²) in [4.78, 5) is 25.9. The third-order valence-corrected chi connectivity index (χ3v) is 9.18. The number of carbonyl (C=O) groups excluding carboxylic acids is 2. The van der Waals surface area contributed by atoms with Crippen LogP contribution in [0.15, 0.2) is 10.5 Å². The van der Waals surface area contributed by atoms with Crippen molar-refractivity contribution in [3.05, 3.63) is 10.5 Å². The molecular formula is C20H27ClO2S. The minimum Gasteiger partial charge on any atom is -0.299 e. The van der Waals surface area contributed by atoms with Crippen LogP contribution >= 0.6 is 23.4 Å². The smallest absolute Gasteiger partial charge is 0.169 e. The number of thioether (sulfide) groups is 1. The number of hydrogen-bond donors (Lipinski definition) is 0. The average molecular weight is 367 g/mol. The fourth-order valence-electron chi connectivity index (χ4n) is 6.66. The zero-order valence-corrected chi connectivity index (χ0v) is 16.3. The van der Waals surface area contributed by atoms with Gasteiger partial charge < -0.3 is 0 Å². The molecule has 24 heavy (non-hydrogen) atoms. The number of alkyl halides is 1. The molecular weight excluding hydrogens is 340 g/mol. The first-order valence-corrected chi connectivity index (χ1v) is 10.9. The maximum absolute atomic E-state index is 12.5. The van der Waals surface area contributed by atoms with E-state index in [0.717, 1.165) is 49.9 Å². The van der Waals surface area contributed by atoms with Crippen molar-refractivity contribution in [3.63, 3.8) is 0 Å². The number of rotatable bonds is 2. The van der Waals surface area contributed by atoms with E-state index in [1.165, 1.54) is 5.57 Å². The number of carbonyl (C=O) groups is 2. The second-order valence-electron chi connectivity index (χ2n) is 8.74. The monoisotopic (exact) mass is 366 g/mol. The van der Waals surface area contributed by atoms with Crippen LogP contribution < -0.4 is 0 Å². The number of Topliss-reactive ketones (excluding diaryl/α,β-unsaturated/α-hetero) is 2. The van der Waals surface area contributed by atoms with Gasteiger partial charge in [-0.25, -0.2) is 0 Å². The predicted molar refractivity (Wildman–Crippen MR) is 99.0 cm³/mol. The van der Waals surface area contributed by atoms with Gasteiger partial charge >= 0.3 is 0 Å². The molecule has 4 aliphatic rings. The summed E-state index contributed by atoms with van der Waals surface area (Å²) in [6.45, 7) is 4.63. The van der Waals surface area contributed by atoms with Gasteiger partial charge in [-0.1, -0.05) is 13.8 Å². The van der Waals surface area contributed by atoms with Crippen LogP contribution in [0.3, 0.4) is 0 Å². The molecule has 0 amide bonds. The van der Waals surface area contributed by atoms with Gasteiger partial charge in [0, 0.05) is 18.3 Å². The summed E-state index contributed by atoms with van der Waals surface area (Å²) in [6, 6.07) is 0. The molecule has 0 aromatic carbocycles. The molecule has 4 aliphatic carbocycles. The van der Waals surface area contributed by atoms with Crippen molar-refractivity contribution >= 4 is 34.9 Å². The Bertz CT molecular complexity index is 627. The first-order valence-electron chi connectivity index (χ1n) is 9.40. The second-order valence-corrected chi connectivity index (χ2v) is 10.3. The van der Waals surface area contributed by atoms with Crippen LogP contribution in [0, 0.1) is 28.6 Å². The van der Waals surface area contributed by atoms with Crippen LogP contribution in [0.4, 0.5) is 0 Å². The Balaban J connectivity index is 1.72. The van der Waals surface area contributed by atoms with E-state index in [1.807, 2.05) is 0 Å². The average Bonchev–Trinajstić information content (AvgIpc) is 2.86. The molecule has 0 heterocycles. The highest BCUT2D eigenvalue weighted by atomic mass is 35.5. The minimum atomic E-state index is -0.0586. The Labute approximate surface area is 154 Å². The Kier molecular flexibility index (Phi) is 4.20. The Morgan fingerprint density at radius 2 is 1.75 bits per heavy atom. The molecule has 0 unspecified atom stereocenters. The highest BCUT2D eigenvalue weighted by Crippen LogP contribution is 2.65.